The van der Waals surface area contributed by atoms with Gasteiger partial charge in [-0.15, -0.1) is 0 Å². The summed E-state index contributed by atoms with van der Waals surface area (Å²) in [4.78, 5) is 11.0. The van der Waals surface area contributed by atoms with Crippen LogP contribution < -0.4 is 0 Å². The Morgan fingerprint density at radius 1 is 1.33 bits per heavy atom. The maximum Gasteiger partial charge on any atom is 0.243 e. The summed E-state index contributed by atoms with van der Waals surface area (Å²) in [7, 11) is 0. The lowest BCUT2D eigenvalue weighted by atomic mass is 9.82. The largest absolute Gasteiger partial charge is 0.378 e. The third-order valence-electron chi connectivity index (χ3n) is 3.72. The zero-order valence-electron chi connectivity index (χ0n) is 11.8. The van der Waals surface area contributed by atoms with Crippen molar-refractivity contribution in [2.45, 2.75) is 59.0 Å². The van der Waals surface area contributed by atoms with Gasteiger partial charge in [-0.25, -0.2) is 0 Å². The van der Waals surface area contributed by atoms with Crippen molar-refractivity contribution in [2.24, 2.45) is 11.3 Å². The predicted molar refractivity (Wildman–Crippen MR) is 82.6 cm³/mol. The molecule has 1 aliphatic rings. The van der Waals surface area contributed by atoms with E-state index in [0.29, 0.717) is 12.0 Å². The third kappa shape index (κ3) is 6.48. The summed E-state index contributed by atoms with van der Waals surface area (Å²) >= 11 is 5.12. The molecule has 0 aromatic heterocycles. The highest BCUT2D eigenvalue weighted by Crippen LogP contribution is 2.31. The minimum Gasteiger partial charge on any atom is -0.378 e. The van der Waals surface area contributed by atoms with Crippen LogP contribution in [0.15, 0.2) is 0 Å². The van der Waals surface area contributed by atoms with Crippen LogP contribution in [-0.4, -0.2) is 22.9 Å². The average Bonchev–Trinajstić information content (AvgIpc) is 2.28. The van der Waals surface area contributed by atoms with Gasteiger partial charge >= 0.3 is 0 Å². The molecule has 2 nitrogen and oxygen atoms in total. The maximum absolute atomic E-state index is 11.0. The first-order valence-electron chi connectivity index (χ1n) is 6.87. The standard InChI is InChI=1S/C14H26O2S2/c1-14(2,3)11(10-18-13(15)17)9-16-12-7-5-4-6-8-12/h11-12H,4-10H2,1-3H3,(H,15,17). The van der Waals surface area contributed by atoms with E-state index in [2.05, 4.69) is 33.4 Å². The quantitative estimate of drug-likeness (QED) is 0.738. The molecular formula is C14H26O2S2. The first kappa shape index (κ1) is 16.4. The molecule has 4 heteroatoms. The molecule has 106 valence electrons. The van der Waals surface area contributed by atoms with E-state index in [1.54, 1.807) is 0 Å². The summed E-state index contributed by atoms with van der Waals surface area (Å²) < 4.78 is 5.96. The molecule has 1 fully saturated rings. The SMILES string of the molecule is CC(C)(C)C(COC1CCCCC1)CSC(=O)S. The predicted octanol–water partition coefficient (Wildman–Crippen LogP) is 4.78. The van der Waals surface area contributed by atoms with Crippen LogP contribution in [0.3, 0.4) is 0 Å². The van der Waals surface area contributed by atoms with Crippen molar-refractivity contribution < 1.29 is 9.53 Å². The number of thiol groups is 1. The van der Waals surface area contributed by atoms with Crippen LogP contribution >= 0.6 is 24.4 Å². The number of ether oxygens (including phenoxy) is 1. The van der Waals surface area contributed by atoms with E-state index < -0.39 is 0 Å². The number of hydrogen-bond donors (Lipinski definition) is 1. The molecule has 0 radical (unpaired) electrons. The zero-order chi connectivity index (χ0) is 13.6. The molecule has 0 amide bonds. The van der Waals surface area contributed by atoms with Crippen LogP contribution in [0.5, 0.6) is 0 Å². The van der Waals surface area contributed by atoms with Crippen molar-refractivity contribution in [3.63, 3.8) is 0 Å². The molecule has 1 aliphatic carbocycles. The van der Waals surface area contributed by atoms with Crippen LogP contribution in [0.4, 0.5) is 4.79 Å². The molecular weight excluding hydrogens is 264 g/mol. The summed E-state index contributed by atoms with van der Waals surface area (Å²) in [6.07, 6.45) is 6.81. The molecule has 0 heterocycles. The minimum absolute atomic E-state index is 0.0954. The Balaban J connectivity index is 2.37. The summed E-state index contributed by atoms with van der Waals surface area (Å²) in [5, 5.41) is 0. The molecule has 1 unspecified atom stereocenters. The van der Waals surface area contributed by atoms with Crippen molar-refractivity contribution in [3.8, 4) is 0 Å². The van der Waals surface area contributed by atoms with E-state index in [1.807, 2.05) is 0 Å². The number of thioether (sulfide) groups is 1. The third-order valence-corrected chi connectivity index (χ3v) is 4.92. The van der Waals surface area contributed by atoms with Crippen LogP contribution in [0.1, 0.15) is 52.9 Å². The van der Waals surface area contributed by atoms with Crippen molar-refractivity contribution in [1.82, 2.24) is 0 Å². The highest BCUT2D eigenvalue weighted by molar-refractivity contribution is 8.32. The topological polar surface area (TPSA) is 26.3 Å². The molecule has 1 rings (SSSR count). The van der Waals surface area contributed by atoms with Crippen LogP contribution in [0.25, 0.3) is 0 Å². The first-order valence-corrected chi connectivity index (χ1v) is 8.30. The highest BCUT2D eigenvalue weighted by atomic mass is 32.2. The van der Waals surface area contributed by atoms with Gasteiger partial charge in [-0.05, 0) is 24.2 Å². The van der Waals surface area contributed by atoms with E-state index >= 15 is 0 Å². The van der Waals surface area contributed by atoms with Crippen LogP contribution in [0.2, 0.25) is 0 Å². The van der Waals surface area contributed by atoms with Gasteiger partial charge in [0.2, 0.25) is 4.45 Å². The molecule has 0 aromatic rings. The van der Waals surface area contributed by atoms with Crippen LogP contribution in [-0.2, 0) is 4.74 Å². The van der Waals surface area contributed by atoms with E-state index in [1.165, 1.54) is 43.9 Å². The van der Waals surface area contributed by atoms with Gasteiger partial charge in [0.15, 0.2) is 0 Å². The van der Waals surface area contributed by atoms with Gasteiger partial charge in [0.1, 0.15) is 0 Å². The number of rotatable bonds is 5. The Bertz CT molecular complexity index is 255. The Morgan fingerprint density at radius 3 is 2.44 bits per heavy atom. The molecule has 0 aromatic carbocycles. The van der Waals surface area contributed by atoms with Gasteiger partial charge in [0.25, 0.3) is 0 Å². The fraction of sp³-hybridized carbons (Fsp3) is 0.929. The van der Waals surface area contributed by atoms with Crippen molar-refractivity contribution in [2.75, 3.05) is 12.4 Å². The van der Waals surface area contributed by atoms with Gasteiger partial charge in [-0.2, -0.15) is 0 Å². The summed E-state index contributed by atoms with van der Waals surface area (Å²) in [5.74, 6) is 1.21. The molecule has 0 aliphatic heterocycles. The van der Waals surface area contributed by atoms with Gasteiger partial charge in [-0.3, -0.25) is 4.79 Å². The molecule has 0 bridgehead atoms. The fourth-order valence-corrected chi connectivity index (χ4v) is 3.37. The lowest BCUT2D eigenvalue weighted by Gasteiger charge is -2.32. The Hall–Kier alpha value is 0.330. The number of carbonyl (C=O) groups excluding carboxylic acids is 1. The number of hydrogen-bond acceptors (Lipinski definition) is 3. The van der Waals surface area contributed by atoms with Gasteiger partial charge in [0, 0.05) is 5.75 Å². The summed E-state index contributed by atoms with van der Waals surface area (Å²) in [6.45, 7) is 7.41. The highest BCUT2D eigenvalue weighted by Gasteiger charge is 2.27. The van der Waals surface area contributed by atoms with Crippen molar-refractivity contribution >= 4 is 28.8 Å². The second kappa shape index (κ2) is 7.81. The number of carbonyl (C=O) groups is 1. The van der Waals surface area contributed by atoms with E-state index in [0.717, 1.165) is 12.4 Å². The maximum atomic E-state index is 11.0. The molecule has 0 saturated heterocycles. The van der Waals surface area contributed by atoms with Crippen molar-refractivity contribution in [1.29, 1.82) is 0 Å². The lowest BCUT2D eigenvalue weighted by Crippen LogP contribution is -2.30. The average molecular weight is 290 g/mol. The molecule has 18 heavy (non-hydrogen) atoms. The van der Waals surface area contributed by atoms with Gasteiger partial charge < -0.3 is 4.74 Å². The first-order chi connectivity index (χ1) is 8.39. The van der Waals surface area contributed by atoms with Crippen molar-refractivity contribution in [3.05, 3.63) is 0 Å². The lowest BCUT2D eigenvalue weighted by molar-refractivity contribution is -0.00843. The second-order valence-corrected chi connectivity index (χ2v) is 7.93. The second-order valence-electron chi connectivity index (χ2n) is 6.23. The molecule has 0 N–H and O–H groups in total. The fourth-order valence-electron chi connectivity index (χ4n) is 2.20. The minimum atomic E-state index is -0.0954. The van der Waals surface area contributed by atoms with Gasteiger partial charge in [-0.1, -0.05) is 64.4 Å². The summed E-state index contributed by atoms with van der Waals surface area (Å²) in [6, 6.07) is 0. The monoisotopic (exact) mass is 290 g/mol. The smallest absolute Gasteiger partial charge is 0.243 e. The normalized spacial score (nSPS) is 19.8. The van der Waals surface area contributed by atoms with Crippen LogP contribution in [0, 0.1) is 11.3 Å². The molecule has 0 spiro atoms. The summed E-state index contributed by atoms with van der Waals surface area (Å²) in [5.41, 5.74) is 0.172. The Labute approximate surface area is 121 Å². The molecule has 1 saturated carbocycles. The zero-order valence-corrected chi connectivity index (χ0v) is 13.5. The van der Waals surface area contributed by atoms with E-state index in [4.69, 9.17) is 4.74 Å². The van der Waals surface area contributed by atoms with E-state index in [-0.39, 0.29) is 9.86 Å². The Kier molecular flexibility index (Phi) is 7.11. The van der Waals surface area contributed by atoms with Gasteiger partial charge in [0.05, 0.1) is 12.7 Å². The van der Waals surface area contributed by atoms with E-state index in [9.17, 15) is 4.79 Å². The molecule has 1 atom stereocenters. The Morgan fingerprint density at radius 2 is 1.94 bits per heavy atom.